The standard InChI is InChI=1S/C14H17FN4O2S/c1-10(2)19-9-17-18-14(19)22(21)8-13(20)16-7-11-3-5-12(15)6-4-11/h3-6,9-10H,7-8H2,1-2H3,(H,16,20). The highest BCUT2D eigenvalue weighted by molar-refractivity contribution is 7.85. The number of rotatable bonds is 6. The highest BCUT2D eigenvalue weighted by Gasteiger charge is 2.17. The van der Waals surface area contributed by atoms with Gasteiger partial charge in [0.2, 0.25) is 11.1 Å². The molecule has 118 valence electrons. The fraction of sp³-hybridized carbons (Fsp3) is 0.357. The van der Waals surface area contributed by atoms with Crippen molar-refractivity contribution in [2.75, 3.05) is 5.75 Å². The van der Waals surface area contributed by atoms with Crippen LogP contribution in [0.2, 0.25) is 0 Å². The van der Waals surface area contributed by atoms with Gasteiger partial charge in [-0.3, -0.25) is 9.00 Å². The molecule has 0 aliphatic heterocycles. The zero-order valence-electron chi connectivity index (χ0n) is 12.3. The summed E-state index contributed by atoms with van der Waals surface area (Å²) in [5.41, 5.74) is 0.769. The van der Waals surface area contributed by atoms with E-state index >= 15 is 0 Å². The number of hydrogen-bond donors (Lipinski definition) is 1. The smallest absolute Gasteiger partial charge is 0.233 e. The van der Waals surface area contributed by atoms with Crippen molar-refractivity contribution in [1.82, 2.24) is 20.1 Å². The van der Waals surface area contributed by atoms with Crippen LogP contribution in [0.25, 0.3) is 0 Å². The molecule has 0 saturated carbocycles. The minimum absolute atomic E-state index is 0.0660. The van der Waals surface area contributed by atoms with Gasteiger partial charge in [0, 0.05) is 12.6 Å². The van der Waals surface area contributed by atoms with Gasteiger partial charge in [0.05, 0.1) is 0 Å². The van der Waals surface area contributed by atoms with Crippen LogP contribution in [0.15, 0.2) is 35.7 Å². The molecular weight excluding hydrogens is 307 g/mol. The molecule has 0 bridgehead atoms. The molecule has 0 fully saturated rings. The Kier molecular flexibility index (Phi) is 5.37. The van der Waals surface area contributed by atoms with Gasteiger partial charge in [0.1, 0.15) is 28.7 Å². The maximum absolute atomic E-state index is 12.8. The highest BCUT2D eigenvalue weighted by Crippen LogP contribution is 2.10. The molecule has 1 unspecified atom stereocenters. The van der Waals surface area contributed by atoms with E-state index in [0.29, 0.717) is 0 Å². The van der Waals surface area contributed by atoms with Crippen molar-refractivity contribution >= 4 is 16.7 Å². The van der Waals surface area contributed by atoms with Crippen molar-refractivity contribution in [3.05, 3.63) is 42.0 Å². The summed E-state index contributed by atoms with van der Waals surface area (Å²) < 4.78 is 26.6. The van der Waals surface area contributed by atoms with Crippen LogP contribution >= 0.6 is 0 Å². The van der Waals surface area contributed by atoms with E-state index in [9.17, 15) is 13.4 Å². The normalized spacial score (nSPS) is 12.4. The van der Waals surface area contributed by atoms with Crippen molar-refractivity contribution in [3.8, 4) is 0 Å². The molecule has 0 spiro atoms. The first-order valence-electron chi connectivity index (χ1n) is 6.76. The molecule has 0 aliphatic carbocycles. The van der Waals surface area contributed by atoms with Gasteiger partial charge >= 0.3 is 0 Å². The van der Waals surface area contributed by atoms with Crippen molar-refractivity contribution in [1.29, 1.82) is 0 Å². The van der Waals surface area contributed by atoms with Crippen molar-refractivity contribution in [2.45, 2.75) is 31.6 Å². The number of amides is 1. The lowest BCUT2D eigenvalue weighted by atomic mass is 10.2. The Hall–Kier alpha value is -2.09. The van der Waals surface area contributed by atoms with Crippen LogP contribution < -0.4 is 5.32 Å². The van der Waals surface area contributed by atoms with E-state index in [-0.39, 0.29) is 35.2 Å². The fourth-order valence-corrected chi connectivity index (χ4v) is 2.89. The third kappa shape index (κ3) is 4.20. The number of carbonyl (C=O) groups is 1. The lowest BCUT2D eigenvalue weighted by Gasteiger charge is -2.09. The molecule has 1 aromatic heterocycles. The molecule has 2 aromatic rings. The molecule has 1 amide bonds. The molecule has 0 saturated heterocycles. The van der Waals surface area contributed by atoms with Gasteiger partial charge in [-0.1, -0.05) is 12.1 Å². The number of carbonyl (C=O) groups excluding carboxylic acids is 1. The first-order chi connectivity index (χ1) is 10.5. The van der Waals surface area contributed by atoms with Gasteiger partial charge in [-0.25, -0.2) is 4.39 Å². The number of aromatic nitrogens is 3. The Balaban J connectivity index is 1.90. The number of nitrogens with zero attached hydrogens (tertiary/aromatic N) is 3. The van der Waals surface area contributed by atoms with Gasteiger partial charge in [-0.2, -0.15) is 0 Å². The van der Waals surface area contributed by atoms with Crippen molar-refractivity contribution < 1.29 is 13.4 Å². The second-order valence-electron chi connectivity index (χ2n) is 5.01. The van der Waals surface area contributed by atoms with E-state index in [4.69, 9.17) is 0 Å². The number of benzene rings is 1. The van der Waals surface area contributed by atoms with E-state index in [0.717, 1.165) is 5.56 Å². The average Bonchev–Trinajstić information content (AvgIpc) is 2.96. The zero-order chi connectivity index (χ0) is 16.1. The third-order valence-electron chi connectivity index (χ3n) is 2.97. The maximum Gasteiger partial charge on any atom is 0.233 e. The predicted molar refractivity (Wildman–Crippen MR) is 79.9 cm³/mol. The molecule has 0 radical (unpaired) electrons. The van der Waals surface area contributed by atoms with Crippen LogP contribution in [-0.4, -0.2) is 30.6 Å². The van der Waals surface area contributed by atoms with E-state index in [1.807, 2.05) is 13.8 Å². The van der Waals surface area contributed by atoms with Gasteiger partial charge < -0.3 is 9.88 Å². The second-order valence-corrected chi connectivity index (χ2v) is 6.35. The topological polar surface area (TPSA) is 76.9 Å². The maximum atomic E-state index is 12.8. The molecule has 1 aromatic carbocycles. The summed E-state index contributed by atoms with van der Waals surface area (Å²) in [5.74, 6) is -0.878. The predicted octanol–water partition coefficient (Wildman–Crippen LogP) is 1.42. The summed E-state index contributed by atoms with van der Waals surface area (Å²) in [5, 5.41) is 10.5. The molecule has 22 heavy (non-hydrogen) atoms. The fourth-order valence-electron chi connectivity index (χ4n) is 1.79. The molecule has 2 rings (SSSR count). The summed E-state index contributed by atoms with van der Waals surface area (Å²) in [6.07, 6.45) is 1.49. The minimum Gasteiger partial charge on any atom is -0.351 e. The van der Waals surface area contributed by atoms with E-state index in [2.05, 4.69) is 15.5 Å². The van der Waals surface area contributed by atoms with Gasteiger partial charge in [0.15, 0.2) is 0 Å². The highest BCUT2D eigenvalue weighted by atomic mass is 32.2. The number of halogens is 1. The van der Waals surface area contributed by atoms with Crippen LogP contribution in [0.5, 0.6) is 0 Å². The third-order valence-corrected chi connectivity index (χ3v) is 4.19. The Labute approximate surface area is 130 Å². The Morgan fingerprint density at radius 2 is 2.05 bits per heavy atom. The van der Waals surface area contributed by atoms with Gasteiger partial charge in [-0.15, -0.1) is 10.2 Å². The van der Waals surface area contributed by atoms with Gasteiger partial charge in [0.25, 0.3) is 0 Å². The van der Waals surface area contributed by atoms with Crippen LogP contribution in [0.4, 0.5) is 4.39 Å². The Bertz CT molecular complexity index is 670. The van der Waals surface area contributed by atoms with Gasteiger partial charge in [-0.05, 0) is 31.5 Å². The van der Waals surface area contributed by atoms with Crippen LogP contribution in [-0.2, 0) is 22.1 Å². The zero-order valence-corrected chi connectivity index (χ0v) is 13.1. The van der Waals surface area contributed by atoms with Crippen LogP contribution in [0, 0.1) is 5.82 Å². The SMILES string of the molecule is CC(C)n1cnnc1S(=O)CC(=O)NCc1ccc(F)cc1. The Morgan fingerprint density at radius 1 is 1.36 bits per heavy atom. The first kappa shape index (κ1) is 16.3. The van der Waals surface area contributed by atoms with E-state index in [1.165, 1.54) is 18.5 Å². The molecule has 8 heteroatoms. The largest absolute Gasteiger partial charge is 0.351 e. The first-order valence-corrected chi connectivity index (χ1v) is 8.08. The number of nitrogens with one attached hydrogen (secondary N) is 1. The number of hydrogen-bond acceptors (Lipinski definition) is 4. The molecule has 1 heterocycles. The molecule has 1 atom stereocenters. The van der Waals surface area contributed by atoms with E-state index in [1.54, 1.807) is 16.7 Å². The second kappa shape index (κ2) is 7.26. The Morgan fingerprint density at radius 3 is 2.68 bits per heavy atom. The molecule has 1 N–H and O–H groups in total. The van der Waals surface area contributed by atoms with Crippen molar-refractivity contribution in [2.24, 2.45) is 0 Å². The molecular formula is C14H17FN4O2S. The summed E-state index contributed by atoms with van der Waals surface area (Å²) in [7, 11) is -1.56. The summed E-state index contributed by atoms with van der Waals surface area (Å²) in [6.45, 7) is 4.09. The lowest BCUT2D eigenvalue weighted by molar-refractivity contribution is -0.118. The summed E-state index contributed by atoms with van der Waals surface area (Å²) in [6, 6.07) is 5.88. The van der Waals surface area contributed by atoms with Crippen LogP contribution in [0.1, 0.15) is 25.5 Å². The monoisotopic (exact) mass is 324 g/mol. The van der Waals surface area contributed by atoms with Crippen LogP contribution in [0.3, 0.4) is 0 Å². The quantitative estimate of drug-likeness (QED) is 0.872. The minimum atomic E-state index is -1.56. The molecule has 6 nitrogen and oxygen atoms in total. The summed E-state index contributed by atoms with van der Waals surface area (Å²) in [4.78, 5) is 11.8. The molecule has 0 aliphatic rings. The lowest BCUT2D eigenvalue weighted by Crippen LogP contribution is -2.28. The average molecular weight is 324 g/mol. The summed E-state index contributed by atoms with van der Waals surface area (Å²) >= 11 is 0. The van der Waals surface area contributed by atoms with Crippen molar-refractivity contribution in [3.63, 3.8) is 0 Å². The van der Waals surface area contributed by atoms with E-state index < -0.39 is 10.8 Å².